The molecular formula is C13H24N2O4S. The molecule has 1 saturated carbocycles. The highest BCUT2D eigenvalue weighted by Crippen LogP contribution is 2.23. The zero-order valence-corrected chi connectivity index (χ0v) is 12.9. The molecule has 4 atom stereocenters. The molecule has 0 aromatic heterocycles. The molecule has 0 bridgehead atoms. The molecule has 0 aromatic carbocycles. The Kier molecular flexibility index (Phi) is 6.98. The summed E-state index contributed by atoms with van der Waals surface area (Å²) in [6.07, 6.45) is 5.72. The summed E-state index contributed by atoms with van der Waals surface area (Å²) in [5.74, 6) is -0.973. The molecule has 20 heavy (non-hydrogen) atoms. The largest absolute Gasteiger partial charge is 0.481 e. The van der Waals surface area contributed by atoms with E-state index < -0.39 is 22.7 Å². The van der Waals surface area contributed by atoms with Gasteiger partial charge in [0, 0.05) is 34.9 Å². The Labute approximate surface area is 122 Å². The van der Waals surface area contributed by atoms with E-state index in [4.69, 9.17) is 0 Å². The van der Waals surface area contributed by atoms with E-state index in [0.717, 1.165) is 19.3 Å². The van der Waals surface area contributed by atoms with Gasteiger partial charge in [0.1, 0.15) is 0 Å². The highest BCUT2D eigenvalue weighted by molar-refractivity contribution is 7.84. The van der Waals surface area contributed by atoms with Gasteiger partial charge in [0.05, 0.1) is 5.92 Å². The maximum atomic E-state index is 11.9. The van der Waals surface area contributed by atoms with Gasteiger partial charge in [-0.3, -0.25) is 9.00 Å². The van der Waals surface area contributed by atoms with Gasteiger partial charge in [-0.1, -0.05) is 19.3 Å². The molecular weight excluding hydrogens is 280 g/mol. The van der Waals surface area contributed by atoms with Crippen LogP contribution in [0.1, 0.15) is 39.0 Å². The van der Waals surface area contributed by atoms with Gasteiger partial charge in [0.2, 0.25) is 0 Å². The lowest BCUT2D eigenvalue weighted by Crippen LogP contribution is -2.50. The second kappa shape index (κ2) is 8.24. The first kappa shape index (κ1) is 16.9. The first-order valence-electron chi connectivity index (χ1n) is 7.00. The van der Waals surface area contributed by atoms with Gasteiger partial charge in [-0.05, 0) is 19.8 Å². The fraction of sp³-hybridized carbons (Fsp3) is 0.846. The van der Waals surface area contributed by atoms with Crippen molar-refractivity contribution in [3.8, 4) is 0 Å². The van der Waals surface area contributed by atoms with Crippen molar-refractivity contribution in [2.75, 3.05) is 12.0 Å². The quantitative estimate of drug-likeness (QED) is 0.662. The van der Waals surface area contributed by atoms with Crippen molar-refractivity contribution in [1.82, 2.24) is 10.6 Å². The fourth-order valence-corrected chi connectivity index (χ4v) is 3.39. The van der Waals surface area contributed by atoms with E-state index in [-0.39, 0.29) is 18.1 Å². The maximum Gasteiger partial charge on any atom is 0.315 e. The molecule has 1 aliphatic rings. The van der Waals surface area contributed by atoms with Crippen molar-refractivity contribution in [2.24, 2.45) is 5.92 Å². The summed E-state index contributed by atoms with van der Waals surface area (Å²) in [5.41, 5.74) is 0. The molecule has 2 amide bonds. The molecule has 4 unspecified atom stereocenters. The molecule has 6 nitrogen and oxygen atoms in total. The first-order chi connectivity index (χ1) is 9.40. The molecule has 1 aliphatic carbocycles. The molecule has 1 fully saturated rings. The van der Waals surface area contributed by atoms with E-state index in [9.17, 15) is 18.9 Å². The third-order valence-electron chi connectivity index (χ3n) is 3.51. The van der Waals surface area contributed by atoms with Gasteiger partial charge >= 0.3 is 12.0 Å². The van der Waals surface area contributed by atoms with Crippen LogP contribution >= 0.6 is 0 Å². The smallest absolute Gasteiger partial charge is 0.315 e. The van der Waals surface area contributed by atoms with Gasteiger partial charge in [0.15, 0.2) is 0 Å². The molecule has 0 spiro atoms. The predicted octanol–water partition coefficient (Wildman–Crippen LogP) is 1.09. The number of hydrogen-bond acceptors (Lipinski definition) is 3. The normalized spacial score (nSPS) is 26.1. The number of hydrogen-bond donors (Lipinski definition) is 3. The van der Waals surface area contributed by atoms with Crippen molar-refractivity contribution >= 4 is 22.8 Å². The number of aliphatic carboxylic acids is 1. The van der Waals surface area contributed by atoms with Crippen LogP contribution in [-0.4, -0.2) is 45.4 Å². The lowest BCUT2D eigenvalue weighted by molar-refractivity contribution is -0.142. The Morgan fingerprint density at radius 3 is 2.55 bits per heavy atom. The van der Waals surface area contributed by atoms with Gasteiger partial charge in [-0.25, -0.2) is 4.79 Å². The van der Waals surface area contributed by atoms with Crippen LogP contribution in [0.3, 0.4) is 0 Å². The second-order valence-corrected chi connectivity index (χ2v) is 6.93. The lowest BCUT2D eigenvalue weighted by atomic mass is 9.95. The van der Waals surface area contributed by atoms with Crippen molar-refractivity contribution in [3.63, 3.8) is 0 Å². The monoisotopic (exact) mass is 304 g/mol. The van der Waals surface area contributed by atoms with Crippen LogP contribution in [0.25, 0.3) is 0 Å². The minimum absolute atomic E-state index is 0.199. The minimum Gasteiger partial charge on any atom is -0.481 e. The fourth-order valence-electron chi connectivity index (χ4n) is 2.60. The molecule has 0 radical (unpaired) electrons. The van der Waals surface area contributed by atoms with Crippen LogP contribution in [-0.2, 0) is 15.6 Å². The van der Waals surface area contributed by atoms with Gasteiger partial charge in [-0.15, -0.1) is 0 Å². The number of carbonyl (C=O) groups excluding carboxylic acids is 1. The molecule has 0 saturated heterocycles. The number of urea groups is 1. The SMILES string of the molecule is CC(CS(C)=O)NC(=O)NC1CCCCCC1C(=O)O. The summed E-state index contributed by atoms with van der Waals surface area (Å²) in [4.78, 5) is 23.1. The zero-order chi connectivity index (χ0) is 15.1. The average Bonchev–Trinajstić information content (AvgIpc) is 2.52. The van der Waals surface area contributed by atoms with Crippen molar-refractivity contribution in [2.45, 2.75) is 51.1 Å². The van der Waals surface area contributed by atoms with Crippen molar-refractivity contribution in [1.29, 1.82) is 0 Å². The van der Waals surface area contributed by atoms with Crippen LogP contribution in [0.4, 0.5) is 4.79 Å². The van der Waals surface area contributed by atoms with E-state index in [0.29, 0.717) is 18.6 Å². The van der Waals surface area contributed by atoms with Crippen LogP contribution in [0.5, 0.6) is 0 Å². The summed E-state index contributed by atoms with van der Waals surface area (Å²) in [7, 11) is -0.972. The third-order valence-corrected chi connectivity index (χ3v) is 4.48. The Bertz CT molecular complexity index is 375. The Balaban J connectivity index is 2.52. The van der Waals surface area contributed by atoms with E-state index in [1.807, 2.05) is 0 Å². The topological polar surface area (TPSA) is 95.5 Å². The van der Waals surface area contributed by atoms with Crippen LogP contribution < -0.4 is 10.6 Å². The summed E-state index contributed by atoms with van der Waals surface area (Å²) in [6, 6.07) is -0.898. The molecule has 0 heterocycles. The van der Waals surface area contributed by atoms with Crippen LogP contribution in [0, 0.1) is 5.92 Å². The standard InChI is InChI=1S/C13H24N2O4S/c1-9(8-20(2)19)14-13(18)15-11-7-5-3-4-6-10(11)12(16)17/h9-11H,3-8H2,1-2H3,(H,16,17)(H2,14,15,18). The summed E-state index contributed by atoms with van der Waals surface area (Å²) >= 11 is 0. The number of carboxylic acid groups (broad SMARTS) is 1. The second-order valence-electron chi connectivity index (χ2n) is 5.45. The number of rotatable bonds is 5. The zero-order valence-electron chi connectivity index (χ0n) is 12.1. The van der Waals surface area contributed by atoms with E-state index in [2.05, 4.69) is 10.6 Å². The summed E-state index contributed by atoms with van der Waals surface area (Å²) in [5, 5.41) is 14.7. The van der Waals surface area contributed by atoms with Crippen molar-refractivity contribution in [3.05, 3.63) is 0 Å². The van der Waals surface area contributed by atoms with Crippen LogP contribution in [0.15, 0.2) is 0 Å². The molecule has 0 aliphatic heterocycles. The molecule has 116 valence electrons. The van der Waals surface area contributed by atoms with Crippen LogP contribution in [0.2, 0.25) is 0 Å². The Hall–Kier alpha value is -1.11. The predicted molar refractivity (Wildman–Crippen MR) is 78.1 cm³/mol. The first-order valence-corrected chi connectivity index (χ1v) is 8.72. The van der Waals surface area contributed by atoms with Crippen molar-refractivity contribution < 1.29 is 18.9 Å². The van der Waals surface area contributed by atoms with E-state index in [1.165, 1.54) is 0 Å². The summed E-state index contributed by atoms with van der Waals surface area (Å²) in [6.45, 7) is 1.78. The number of nitrogens with one attached hydrogen (secondary N) is 2. The molecule has 1 rings (SSSR count). The lowest BCUT2D eigenvalue weighted by Gasteiger charge is -2.24. The van der Waals surface area contributed by atoms with Gasteiger partial charge in [-0.2, -0.15) is 0 Å². The number of carbonyl (C=O) groups is 2. The minimum atomic E-state index is -0.972. The highest BCUT2D eigenvalue weighted by Gasteiger charge is 2.30. The Morgan fingerprint density at radius 1 is 1.30 bits per heavy atom. The highest BCUT2D eigenvalue weighted by atomic mass is 32.2. The number of amides is 2. The van der Waals surface area contributed by atoms with E-state index in [1.54, 1.807) is 13.2 Å². The Morgan fingerprint density at radius 2 is 1.95 bits per heavy atom. The molecule has 0 aromatic rings. The number of carboxylic acids is 1. The third kappa shape index (κ3) is 5.90. The van der Waals surface area contributed by atoms with E-state index >= 15 is 0 Å². The molecule has 7 heteroatoms. The summed E-state index contributed by atoms with van der Waals surface area (Å²) < 4.78 is 11.1. The van der Waals surface area contributed by atoms with Gasteiger partial charge in [0.25, 0.3) is 0 Å². The molecule has 3 N–H and O–H groups in total. The maximum absolute atomic E-state index is 11.9. The van der Waals surface area contributed by atoms with Gasteiger partial charge < -0.3 is 15.7 Å². The average molecular weight is 304 g/mol.